The highest BCUT2D eigenvalue weighted by atomic mass is 32.2. The van der Waals surface area contributed by atoms with E-state index < -0.39 is 34.3 Å². The Labute approximate surface area is 218 Å². The highest BCUT2D eigenvalue weighted by molar-refractivity contribution is 7.92. The molecule has 9 heteroatoms. The molecule has 1 atom stereocenters. The van der Waals surface area contributed by atoms with Crippen molar-refractivity contribution >= 4 is 27.5 Å². The van der Waals surface area contributed by atoms with Gasteiger partial charge in [-0.25, -0.2) is 12.8 Å². The van der Waals surface area contributed by atoms with Crippen LogP contribution in [0.15, 0.2) is 77.7 Å². The second-order valence-corrected chi connectivity index (χ2v) is 10.7. The van der Waals surface area contributed by atoms with E-state index in [4.69, 9.17) is 0 Å². The Morgan fingerprint density at radius 3 is 2.05 bits per heavy atom. The Hall–Kier alpha value is -3.72. The predicted molar refractivity (Wildman–Crippen MR) is 142 cm³/mol. The summed E-state index contributed by atoms with van der Waals surface area (Å²) in [5.41, 5.74) is 2.41. The molecule has 3 rings (SSSR count). The van der Waals surface area contributed by atoms with E-state index in [2.05, 4.69) is 5.32 Å². The summed E-state index contributed by atoms with van der Waals surface area (Å²) in [4.78, 5) is 27.6. The zero-order valence-corrected chi connectivity index (χ0v) is 22.3. The number of anilines is 1. The maximum atomic E-state index is 14.9. The number of likely N-dealkylation sites (N-methyl/N-ethyl adjacent to an activating group) is 1. The number of carbonyl (C=O) groups excluding carboxylic acids is 2. The van der Waals surface area contributed by atoms with Crippen molar-refractivity contribution in [2.45, 2.75) is 45.2 Å². The number of carbonyl (C=O) groups is 2. The lowest BCUT2D eigenvalue weighted by Gasteiger charge is -2.32. The highest BCUT2D eigenvalue weighted by Gasteiger charge is 2.33. The lowest BCUT2D eigenvalue weighted by molar-refractivity contribution is -0.139. The van der Waals surface area contributed by atoms with Crippen LogP contribution in [0.5, 0.6) is 0 Å². The number of para-hydroxylation sites is 1. The van der Waals surface area contributed by atoms with E-state index in [0.29, 0.717) is 6.54 Å². The van der Waals surface area contributed by atoms with Crippen molar-refractivity contribution in [3.8, 4) is 0 Å². The summed E-state index contributed by atoms with van der Waals surface area (Å²) in [6.07, 6.45) is 0. The Balaban J connectivity index is 2.03. The van der Waals surface area contributed by atoms with Crippen LogP contribution in [0.3, 0.4) is 0 Å². The molecule has 0 saturated carbocycles. The van der Waals surface area contributed by atoms with Gasteiger partial charge in [-0.15, -0.1) is 0 Å². The number of aryl methyl sites for hydroxylation is 2. The molecule has 0 aliphatic carbocycles. The number of sulfonamides is 1. The van der Waals surface area contributed by atoms with Crippen molar-refractivity contribution in [1.82, 2.24) is 10.2 Å². The van der Waals surface area contributed by atoms with Crippen LogP contribution < -0.4 is 9.62 Å². The van der Waals surface area contributed by atoms with Gasteiger partial charge in [0, 0.05) is 13.1 Å². The van der Waals surface area contributed by atoms with Gasteiger partial charge in [0.15, 0.2) is 0 Å². The smallest absolute Gasteiger partial charge is 0.264 e. The summed E-state index contributed by atoms with van der Waals surface area (Å²) in [6.45, 7) is 6.87. The molecule has 196 valence electrons. The molecule has 0 spiro atoms. The molecule has 2 amide bonds. The predicted octanol–water partition coefficient (Wildman–Crippen LogP) is 4.19. The fraction of sp³-hybridized carbons (Fsp3) is 0.286. The zero-order valence-electron chi connectivity index (χ0n) is 21.4. The third-order valence-electron chi connectivity index (χ3n) is 6.00. The number of halogens is 1. The number of nitrogens with zero attached hydrogens (tertiary/aromatic N) is 2. The summed E-state index contributed by atoms with van der Waals surface area (Å²) in [7, 11) is -4.31. The van der Waals surface area contributed by atoms with E-state index in [9.17, 15) is 22.4 Å². The van der Waals surface area contributed by atoms with Gasteiger partial charge in [-0.3, -0.25) is 13.9 Å². The Morgan fingerprint density at radius 2 is 1.49 bits per heavy atom. The minimum Gasteiger partial charge on any atom is -0.355 e. The van der Waals surface area contributed by atoms with E-state index >= 15 is 0 Å². The first-order chi connectivity index (χ1) is 17.5. The Kier molecular flexibility index (Phi) is 9.04. The monoisotopic (exact) mass is 525 g/mol. The van der Waals surface area contributed by atoms with Crippen LogP contribution in [0, 0.1) is 19.7 Å². The molecule has 3 aromatic rings. The summed E-state index contributed by atoms with van der Waals surface area (Å²) in [6, 6.07) is 18.1. The second kappa shape index (κ2) is 12.0. The molecule has 37 heavy (non-hydrogen) atoms. The average Bonchev–Trinajstić information content (AvgIpc) is 2.87. The minimum atomic E-state index is -4.31. The molecule has 0 fully saturated rings. The molecule has 0 bridgehead atoms. The van der Waals surface area contributed by atoms with E-state index in [0.717, 1.165) is 27.1 Å². The Morgan fingerprint density at radius 1 is 0.919 bits per heavy atom. The molecule has 0 aliphatic heterocycles. The highest BCUT2D eigenvalue weighted by Crippen LogP contribution is 2.27. The minimum absolute atomic E-state index is 0.0731. The summed E-state index contributed by atoms with van der Waals surface area (Å²) in [5.74, 6) is -1.80. The molecule has 0 unspecified atom stereocenters. The normalized spacial score (nSPS) is 12.0. The van der Waals surface area contributed by atoms with Crippen molar-refractivity contribution in [1.29, 1.82) is 0 Å². The van der Waals surface area contributed by atoms with E-state index in [-0.39, 0.29) is 23.0 Å². The fourth-order valence-corrected chi connectivity index (χ4v) is 5.22. The summed E-state index contributed by atoms with van der Waals surface area (Å²) in [5, 5.41) is 2.71. The quantitative estimate of drug-likeness (QED) is 0.430. The standard InChI is InChI=1S/C28H32FN3O4S/c1-5-30-28(34)22(4)31(18-23-14-10-20(2)11-15-23)27(33)19-32(26-9-7-6-8-25(26)29)37(35,36)24-16-12-21(3)13-17-24/h6-17,22H,5,18-19H2,1-4H3,(H,30,34)/t22-/m0/s1. The van der Waals surface area contributed by atoms with Crippen molar-refractivity contribution < 1.29 is 22.4 Å². The van der Waals surface area contributed by atoms with Gasteiger partial charge in [0.1, 0.15) is 18.4 Å². The van der Waals surface area contributed by atoms with Gasteiger partial charge in [0.2, 0.25) is 11.8 Å². The number of hydrogen-bond donors (Lipinski definition) is 1. The van der Waals surface area contributed by atoms with Crippen LogP contribution in [0.2, 0.25) is 0 Å². The second-order valence-electron chi connectivity index (χ2n) is 8.85. The van der Waals surface area contributed by atoms with Crippen LogP contribution in [-0.4, -0.2) is 44.3 Å². The first-order valence-electron chi connectivity index (χ1n) is 12.0. The number of amides is 2. The lowest BCUT2D eigenvalue weighted by Crippen LogP contribution is -2.51. The molecule has 0 heterocycles. The van der Waals surface area contributed by atoms with Crippen molar-refractivity contribution in [3.63, 3.8) is 0 Å². The van der Waals surface area contributed by atoms with Crippen molar-refractivity contribution in [3.05, 3.63) is 95.3 Å². The number of benzene rings is 3. The number of rotatable bonds is 10. The van der Waals surface area contributed by atoms with Gasteiger partial charge in [0.25, 0.3) is 10.0 Å². The van der Waals surface area contributed by atoms with Crippen LogP contribution >= 0.6 is 0 Å². The van der Waals surface area contributed by atoms with Gasteiger partial charge >= 0.3 is 0 Å². The maximum Gasteiger partial charge on any atom is 0.264 e. The first-order valence-corrected chi connectivity index (χ1v) is 13.4. The van der Waals surface area contributed by atoms with Crippen molar-refractivity contribution in [2.75, 3.05) is 17.4 Å². The Bertz CT molecular complexity index is 1340. The maximum absolute atomic E-state index is 14.9. The molecule has 3 aromatic carbocycles. The fourth-order valence-electron chi connectivity index (χ4n) is 3.80. The third kappa shape index (κ3) is 6.74. The van der Waals surface area contributed by atoms with Crippen LogP contribution in [0.1, 0.15) is 30.5 Å². The largest absolute Gasteiger partial charge is 0.355 e. The topological polar surface area (TPSA) is 86.8 Å². The summed E-state index contributed by atoms with van der Waals surface area (Å²) < 4.78 is 43.0. The van der Waals surface area contributed by atoms with E-state index in [1.54, 1.807) is 26.0 Å². The van der Waals surface area contributed by atoms with Gasteiger partial charge < -0.3 is 10.2 Å². The first kappa shape index (κ1) is 27.9. The van der Waals surface area contributed by atoms with Gasteiger partial charge in [-0.2, -0.15) is 0 Å². The number of hydrogen-bond acceptors (Lipinski definition) is 4. The van der Waals surface area contributed by atoms with Crippen LogP contribution in [0.4, 0.5) is 10.1 Å². The molecule has 0 saturated heterocycles. The molecule has 1 N–H and O–H groups in total. The SMILES string of the molecule is CCNC(=O)[C@H](C)N(Cc1ccc(C)cc1)C(=O)CN(c1ccccc1F)S(=O)(=O)c1ccc(C)cc1. The van der Waals surface area contributed by atoms with E-state index in [1.165, 1.54) is 35.2 Å². The van der Waals surface area contributed by atoms with Gasteiger partial charge in [-0.1, -0.05) is 59.7 Å². The third-order valence-corrected chi connectivity index (χ3v) is 7.77. The van der Waals surface area contributed by atoms with Crippen LogP contribution in [-0.2, 0) is 26.2 Å². The molecule has 0 aromatic heterocycles. The molecule has 7 nitrogen and oxygen atoms in total. The molecule has 0 radical (unpaired) electrons. The molecular weight excluding hydrogens is 493 g/mol. The summed E-state index contributed by atoms with van der Waals surface area (Å²) >= 11 is 0. The van der Waals surface area contributed by atoms with Crippen molar-refractivity contribution in [2.24, 2.45) is 0 Å². The van der Waals surface area contributed by atoms with E-state index in [1.807, 2.05) is 38.1 Å². The molecule has 0 aliphatic rings. The number of nitrogens with one attached hydrogen (secondary N) is 1. The van der Waals surface area contributed by atoms with Gasteiger partial charge in [-0.05, 0) is 57.5 Å². The van der Waals surface area contributed by atoms with Crippen LogP contribution in [0.25, 0.3) is 0 Å². The van der Waals surface area contributed by atoms with Gasteiger partial charge in [0.05, 0.1) is 10.6 Å². The average molecular weight is 526 g/mol. The lowest BCUT2D eigenvalue weighted by atomic mass is 10.1. The molecular formula is C28H32FN3O4S. The zero-order chi connectivity index (χ0) is 27.2.